The quantitative estimate of drug-likeness (QED) is 0.654. The number of methoxy groups -OCH3 is 2. The third-order valence-corrected chi connectivity index (χ3v) is 3.26. The van der Waals surface area contributed by atoms with Gasteiger partial charge in [0.15, 0.2) is 11.5 Å². The predicted octanol–water partition coefficient (Wildman–Crippen LogP) is 1.76. The molecular formula is C17H15NO6. The molecule has 0 atom stereocenters. The standard InChI is InChI=1S/C17H15NO6/c1-23-13-5-3-4-12(14(13)19)16(21)18-15(20)10-6-8-11(9-7-10)17(22)24-2/h3-9,19H,1-2H3,(H,18,20,21). The molecule has 0 saturated carbocycles. The summed E-state index contributed by atoms with van der Waals surface area (Å²) in [6.07, 6.45) is 0. The minimum Gasteiger partial charge on any atom is -0.504 e. The topological polar surface area (TPSA) is 102 Å². The van der Waals surface area contributed by atoms with Gasteiger partial charge in [-0.15, -0.1) is 0 Å². The molecule has 2 aromatic carbocycles. The Bertz CT molecular complexity index is 782. The number of hydrogen-bond acceptors (Lipinski definition) is 6. The molecule has 0 radical (unpaired) electrons. The molecule has 124 valence electrons. The van der Waals surface area contributed by atoms with Gasteiger partial charge >= 0.3 is 5.97 Å². The van der Waals surface area contributed by atoms with E-state index in [1.54, 1.807) is 0 Å². The highest BCUT2D eigenvalue weighted by Crippen LogP contribution is 2.29. The summed E-state index contributed by atoms with van der Waals surface area (Å²) in [4.78, 5) is 35.5. The van der Waals surface area contributed by atoms with Gasteiger partial charge < -0.3 is 14.6 Å². The number of ether oxygens (including phenoxy) is 2. The Hall–Kier alpha value is -3.35. The summed E-state index contributed by atoms with van der Waals surface area (Å²) < 4.78 is 9.47. The number of para-hydroxylation sites is 1. The highest BCUT2D eigenvalue weighted by atomic mass is 16.5. The number of nitrogens with one attached hydrogen (secondary N) is 1. The van der Waals surface area contributed by atoms with Crippen molar-refractivity contribution in [3.05, 3.63) is 59.2 Å². The predicted molar refractivity (Wildman–Crippen MR) is 84.2 cm³/mol. The minimum atomic E-state index is -0.770. The molecule has 0 aliphatic rings. The first-order chi connectivity index (χ1) is 11.5. The molecular weight excluding hydrogens is 314 g/mol. The molecule has 7 heteroatoms. The largest absolute Gasteiger partial charge is 0.504 e. The van der Waals surface area contributed by atoms with E-state index in [1.807, 2.05) is 0 Å². The second-order valence-electron chi connectivity index (χ2n) is 4.71. The molecule has 0 fully saturated rings. The van der Waals surface area contributed by atoms with Crippen LogP contribution in [0.5, 0.6) is 11.5 Å². The zero-order valence-corrected chi connectivity index (χ0v) is 13.0. The zero-order chi connectivity index (χ0) is 17.7. The van der Waals surface area contributed by atoms with Crippen molar-refractivity contribution >= 4 is 17.8 Å². The smallest absolute Gasteiger partial charge is 0.337 e. The van der Waals surface area contributed by atoms with Crippen molar-refractivity contribution in [1.29, 1.82) is 0 Å². The van der Waals surface area contributed by atoms with Crippen LogP contribution in [0, 0.1) is 0 Å². The normalized spacial score (nSPS) is 9.92. The zero-order valence-electron chi connectivity index (χ0n) is 13.0. The van der Waals surface area contributed by atoms with E-state index in [-0.39, 0.29) is 28.2 Å². The first kappa shape index (κ1) is 17.0. The summed E-state index contributed by atoms with van der Waals surface area (Å²) >= 11 is 0. The fourth-order valence-corrected chi connectivity index (χ4v) is 1.99. The molecule has 24 heavy (non-hydrogen) atoms. The van der Waals surface area contributed by atoms with Crippen LogP contribution in [0.2, 0.25) is 0 Å². The van der Waals surface area contributed by atoms with Crippen LogP contribution in [0.25, 0.3) is 0 Å². The van der Waals surface area contributed by atoms with Crippen LogP contribution in [-0.4, -0.2) is 37.1 Å². The second-order valence-corrected chi connectivity index (χ2v) is 4.71. The average molecular weight is 329 g/mol. The van der Waals surface area contributed by atoms with Crippen molar-refractivity contribution in [3.8, 4) is 11.5 Å². The Kier molecular flexibility index (Phi) is 5.16. The van der Waals surface area contributed by atoms with Gasteiger partial charge in [-0.3, -0.25) is 14.9 Å². The third kappa shape index (κ3) is 3.52. The van der Waals surface area contributed by atoms with Crippen LogP contribution >= 0.6 is 0 Å². The van der Waals surface area contributed by atoms with E-state index in [0.717, 1.165) is 0 Å². The Morgan fingerprint density at radius 2 is 1.54 bits per heavy atom. The fraction of sp³-hybridized carbons (Fsp3) is 0.118. The highest BCUT2D eigenvalue weighted by molar-refractivity contribution is 6.11. The molecule has 0 aliphatic heterocycles. The lowest BCUT2D eigenvalue weighted by molar-refractivity contribution is 0.0600. The van der Waals surface area contributed by atoms with E-state index in [1.165, 1.54) is 56.7 Å². The van der Waals surface area contributed by atoms with Crippen LogP contribution in [0.15, 0.2) is 42.5 Å². The van der Waals surface area contributed by atoms with Gasteiger partial charge in [-0.05, 0) is 36.4 Å². The monoisotopic (exact) mass is 329 g/mol. The molecule has 0 aromatic heterocycles. The maximum absolute atomic E-state index is 12.1. The second kappa shape index (κ2) is 7.28. The molecule has 2 rings (SSSR count). The summed E-state index contributed by atoms with van der Waals surface area (Å²) in [5.74, 6) is -2.20. The minimum absolute atomic E-state index is 0.0890. The summed E-state index contributed by atoms with van der Waals surface area (Å²) in [5.41, 5.74) is 0.373. The van der Waals surface area contributed by atoms with E-state index < -0.39 is 17.8 Å². The van der Waals surface area contributed by atoms with Crippen molar-refractivity contribution < 1.29 is 29.0 Å². The number of phenols is 1. The molecule has 0 aliphatic carbocycles. The molecule has 2 amide bonds. The molecule has 0 bridgehead atoms. The lowest BCUT2D eigenvalue weighted by Gasteiger charge is -2.09. The van der Waals surface area contributed by atoms with Crippen LogP contribution in [0.1, 0.15) is 31.1 Å². The van der Waals surface area contributed by atoms with Gasteiger partial charge in [0.05, 0.1) is 25.3 Å². The number of esters is 1. The number of amides is 2. The molecule has 0 spiro atoms. The number of carbonyl (C=O) groups excluding carboxylic acids is 3. The van der Waals surface area contributed by atoms with Gasteiger partial charge in [-0.2, -0.15) is 0 Å². The lowest BCUT2D eigenvalue weighted by Crippen LogP contribution is -2.30. The molecule has 2 N–H and O–H groups in total. The Labute approximate surface area is 137 Å². The molecule has 0 unspecified atom stereocenters. The maximum Gasteiger partial charge on any atom is 0.337 e. The number of carbonyl (C=O) groups is 3. The van der Waals surface area contributed by atoms with E-state index in [0.29, 0.717) is 0 Å². The number of imide groups is 1. The van der Waals surface area contributed by atoms with Crippen LogP contribution in [-0.2, 0) is 4.74 Å². The van der Waals surface area contributed by atoms with Gasteiger partial charge in [-0.1, -0.05) is 6.07 Å². The maximum atomic E-state index is 12.1. The average Bonchev–Trinajstić information content (AvgIpc) is 2.61. The van der Waals surface area contributed by atoms with Gasteiger partial charge in [0, 0.05) is 5.56 Å². The molecule has 0 heterocycles. The van der Waals surface area contributed by atoms with Crippen LogP contribution in [0.3, 0.4) is 0 Å². The Morgan fingerprint density at radius 1 is 0.917 bits per heavy atom. The molecule has 2 aromatic rings. The Morgan fingerprint density at radius 3 is 2.12 bits per heavy atom. The first-order valence-electron chi connectivity index (χ1n) is 6.88. The van der Waals surface area contributed by atoms with Crippen LogP contribution in [0.4, 0.5) is 0 Å². The first-order valence-corrected chi connectivity index (χ1v) is 6.88. The molecule has 7 nitrogen and oxygen atoms in total. The summed E-state index contributed by atoms with van der Waals surface area (Å²) in [5, 5.41) is 12.1. The number of benzene rings is 2. The Balaban J connectivity index is 2.15. The number of hydrogen-bond donors (Lipinski definition) is 2. The van der Waals surface area contributed by atoms with Crippen molar-refractivity contribution in [2.75, 3.05) is 14.2 Å². The SMILES string of the molecule is COC(=O)c1ccc(C(=O)NC(=O)c2cccc(OC)c2O)cc1. The van der Waals surface area contributed by atoms with Gasteiger partial charge in [-0.25, -0.2) is 4.79 Å². The van der Waals surface area contributed by atoms with Gasteiger partial charge in [0.25, 0.3) is 11.8 Å². The number of rotatable bonds is 4. The highest BCUT2D eigenvalue weighted by Gasteiger charge is 2.18. The third-order valence-electron chi connectivity index (χ3n) is 3.26. The number of aromatic hydroxyl groups is 1. The summed E-state index contributed by atoms with van der Waals surface area (Å²) in [7, 11) is 2.60. The van der Waals surface area contributed by atoms with E-state index in [4.69, 9.17) is 4.74 Å². The number of phenolic OH excluding ortho intramolecular Hbond substituents is 1. The lowest BCUT2D eigenvalue weighted by atomic mass is 10.1. The van der Waals surface area contributed by atoms with Crippen LogP contribution < -0.4 is 10.1 Å². The van der Waals surface area contributed by atoms with E-state index in [2.05, 4.69) is 10.1 Å². The summed E-state index contributed by atoms with van der Waals surface area (Å²) in [6, 6.07) is 9.96. The summed E-state index contributed by atoms with van der Waals surface area (Å²) in [6.45, 7) is 0. The van der Waals surface area contributed by atoms with Crippen molar-refractivity contribution in [2.45, 2.75) is 0 Å². The van der Waals surface area contributed by atoms with Crippen molar-refractivity contribution in [1.82, 2.24) is 5.32 Å². The van der Waals surface area contributed by atoms with Crippen molar-refractivity contribution in [3.63, 3.8) is 0 Å². The fourth-order valence-electron chi connectivity index (χ4n) is 1.99. The van der Waals surface area contributed by atoms with Gasteiger partial charge in [0.2, 0.25) is 0 Å². The van der Waals surface area contributed by atoms with E-state index >= 15 is 0 Å². The van der Waals surface area contributed by atoms with E-state index in [9.17, 15) is 19.5 Å². The van der Waals surface area contributed by atoms with Crippen molar-refractivity contribution in [2.24, 2.45) is 0 Å². The van der Waals surface area contributed by atoms with Gasteiger partial charge in [0.1, 0.15) is 0 Å². The molecule has 0 saturated heterocycles.